The summed E-state index contributed by atoms with van der Waals surface area (Å²) in [7, 11) is 0. The Kier molecular flexibility index (Phi) is 21.3. The number of carboxylic acids is 3. The molecule has 0 aliphatic carbocycles. The van der Waals surface area contributed by atoms with Crippen molar-refractivity contribution >= 4 is 52.7 Å². The van der Waals surface area contributed by atoms with Gasteiger partial charge in [0.1, 0.15) is 0 Å². The minimum Gasteiger partial charge on any atom is -0.481 e. The number of carbonyl (C=O) groups is 5. The summed E-state index contributed by atoms with van der Waals surface area (Å²) < 4.78 is 0. The second kappa shape index (κ2) is 26.8. The number of unbranched alkanes of at least 4 members (excludes halogenated alkanes) is 2. The molecule has 0 saturated carbocycles. The van der Waals surface area contributed by atoms with E-state index in [1.165, 1.54) is 0 Å². The summed E-state index contributed by atoms with van der Waals surface area (Å²) in [5, 5.41) is 66.4. The molecule has 2 amide bonds. The van der Waals surface area contributed by atoms with Crippen LogP contribution in [0.25, 0.3) is 11.4 Å². The molecule has 4 rings (SSSR count). The molecule has 2 aromatic carbocycles. The van der Waals surface area contributed by atoms with Crippen molar-refractivity contribution in [2.75, 3.05) is 31.5 Å². The first-order valence-corrected chi connectivity index (χ1v) is 21.8. The van der Waals surface area contributed by atoms with E-state index in [-0.39, 0.29) is 44.2 Å². The standard InChI is InChI=1S/C42H61N13O8S/c1-25-52-54-39(55-53-25)28-12-8-27(9-13-28)22-49-41(63)33(44)7-2-4-16-45-40(62)32(43)6-3-5-17-46-42(64)51-29-14-10-26(11-15-29)18-35-34(21-38(60)61)48-23-30(19-36(56)57)47-24-31(50-35)20-37(58)59/h8-15,30-35,47-48,50H,2-7,16-24,43-44H2,1H3,(H,45,62)(H,49,63)(H,56,57)(H,58,59)(H,60,61)(H2,46,51,64). The SMILES string of the molecule is Cc1nnc(-c2ccc(CNC(=O)C(N)CCCCNC(=O)C(N)CCCCNC(=S)Nc3ccc(CC4NC(CC(=O)O)CNC(CC(=O)O)CNC4CC(=O)O)cc3)cc2)nn1. The summed E-state index contributed by atoms with van der Waals surface area (Å²) in [4.78, 5) is 59.9. The van der Waals surface area contributed by atoms with Gasteiger partial charge < -0.3 is 64.0 Å². The van der Waals surface area contributed by atoms with Crippen molar-refractivity contribution in [1.82, 2.24) is 52.3 Å². The fraction of sp³-hybridized carbons (Fsp3) is 0.524. The van der Waals surface area contributed by atoms with Crippen LogP contribution in [0.1, 0.15) is 74.7 Å². The molecule has 1 aromatic heterocycles. The Labute approximate surface area is 377 Å². The number of hydrogen-bond donors (Lipinski definition) is 12. The Balaban J connectivity index is 1.08. The van der Waals surface area contributed by atoms with Gasteiger partial charge in [-0.25, -0.2) is 0 Å². The minimum absolute atomic E-state index is 0.198. The molecule has 1 aliphatic rings. The summed E-state index contributed by atoms with van der Waals surface area (Å²) >= 11 is 5.46. The molecule has 1 saturated heterocycles. The molecule has 64 heavy (non-hydrogen) atoms. The van der Waals surface area contributed by atoms with Gasteiger partial charge in [-0.05, 0) is 87.3 Å². The average Bonchev–Trinajstić information content (AvgIpc) is 3.32. The van der Waals surface area contributed by atoms with E-state index in [1.54, 1.807) is 6.92 Å². The molecule has 1 aliphatic heterocycles. The highest BCUT2D eigenvalue weighted by Gasteiger charge is 2.30. The number of benzene rings is 2. The molecule has 1 fully saturated rings. The van der Waals surface area contributed by atoms with Gasteiger partial charge in [-0.1, -0.05) is 36.4 Å². The highest BCUT2D eigenvalue weighted by molar-refractivity contribution is 7.80. The van der Waals surface area contributed by atoms with Crippen LogP contribution in [0.2, 0.25) is 0 Å². The largest absolute Gasteiger partial charge is 0.481 e. The van der Waals surface area contributed by atoms with Gasteiger partial charge in [0.05, 0.1) is 31.3 Å². The van der Waals surface area contributed by atoms with E-state index < -0.39 is 54.2 Å². The van der Waals surface area contributed by atoms with Gasteiger partial charge in [-0.15, -0.1) is 20.4 Å². The number of aryl methyl sites for hydroxylation is 1. The van der Waals surface area contributed by atoms with Crippen LogP contribution in [-0.4, -0.2) is 133 Å². The predicted octanol–water partition coefficient (Wildman–Crippen LogP) is 0.180. The monoisotopic (exact) mass is 907 g/mol. The maximum atomic E-state index is 12.5. The Morgan fingerprint density at radius 1 is 0.688 bits per heavy atom. The van der Waals surface area contributed by atoms with Gasteiger partial charge in [0, 0.05) is 68.1 Å². The zero-order chi connectivity index (χ0) is 46.4. The van der Waals surface area contributed by atoms with Crippen LogP contribution < -0.4 is 48.7 Å². The fourth-order valence-electron chi connectivity index (χ4n) is 7.02. The van der Waals surface area contributed by atoms with Gasteiger partial charge >= 0.3 is 17.9 Å². The van der Waals surface area contributed by atoms with Crippen LogP contribution in [0, 0.1) is 6.92 Å². The molecule has 14 N–H and O–H groups in total. The lowest BCUT2D eigenvalue weighted by Gasteiger charge is -2.30. The van der Waals surface area contributed by atoms with Gasteiger partial charge in [0.2, 0.25) is 17.6 Å². The third kappa shape index (κ3) is 18.9. The maximum absolute atomic E-state index is 12.5. The smallest absolute Gasteiger partial charge is 0.304 e. The molecule has 6 unspecified atom stereocenters. The number of amides is 2. The van der Waals surface area contributed by atoms with Crippen LogP contribution in [0.3, 0.4) is 0 Å². The van der Waals surface area contributed by atoms with Gasteiger partial charge in [-0.3, -0.25) is 24.0 Å². The van der Waals surface area contributed by atoms with Crippen LogP contribution in [0.15, 0.2) is 48.5 Å². The number of nitrogens with zero attached hydrogens (tertiary/aromatic N) is 4. The van der Waals surface area contributed by atoms with E-state index in [2.05, 4.69) is 57.6 Å². The molecule has 21 nitrogen and oxygen atoms in total. The highest BCUT2D eigenvalue weighted by Crippen LogP contribution is 2.17. The summed E-state index contributed by atoms with van der Waals surface area (Å²) in [5.74, 6) is -2.68. The van der Waals surface area contributed by atoms with E-state index in [0.29, 0.717) is 74.9 Å². The second-order valence-corrected chi connectivity index (χ2v) is 16.3. The molecule has 0 radical (unpaired) electrons. The van der Waals surface area contributed by atoms with Crippen LogP contribution in [-0.2, 0) is 36.9 Å². The van der Waals surface area contributed by atoms with Crippen molar-refractivity contribution in [3.63, 3.8) is 0 Å². The van der Waals surface area contributed by atoms with Crippen molar-refractivity contribution < 1.29 is 39.3 Å². The van der Waals surface area contributed by atoms with Crippen LogP contribution >= 0.6 is 12.2 Å². The summed E-state index contributed by atoms with van der Waals surface area (Å²) in [6.45, 7) is 3.41. The number of carboxylic acid groups (broad SMARTS) is 3. The molecule has 0 spiro atoms. The number of nitrogens with one attached hydrogen (secondary N) is 7. The van der Waals surface area contributed by atoms with Crippen molar-refractivity contribution in [2.24, 2.45) is 11.5 Å². The van der Waals surface area contributed by atoms with Crippen LogP contribution in [0.5, 0.6) is 0 Å². The van der Waals surface area contributed by atoms with Gasteiger partial charge in [-0.2, -0.15) is 0 Å². The third-order valence-electron chi connectivity index (χ3n) is 10.5. The second-order valence-electron chi connectivity index (χ2n) is 15.8. The molecule has 0 bridgehead atoms. The zero-order valence-corrected chi connectivity index (χ0v) is 36.7. The number of aliphatic carboxylic acids is 3. The number of hydrogen-bond acceptors (Lipinski definition) is 15. The summed E-state index contributed by atoms with van der Waals surface area (Å²) in [5.41, 5.74) is 15.5. The molecule has 3 aromatic rings. The Hall–Kier alpha value is -5.78. The van der Waals surface area contributed by atoms with Crippen molar-refractivity contribution in [3.8, 4) is 11.4 Å². The number of carbonyl (C=O) groups excluding carboxylic acids is 2. The molecular weight excluding hydrogens is 847 g/mol. The average molecular weight is 908 g/mol. The van der Waals surface area contributed by atoms with Crippen molar-refractivity contribution in [3.05, 3.63) is 65.5 Å². The number of nitrogens with two attached hydrogens (primary N) is 2. The van der Waals surface area contributed by atoms with E-state index in [0.717, 1.165) is 28.8 Å². The summed E-state index contributed by atoms with van der Waals surface area (Å²) in [6, 6.07) is 11.3. The van der Waals surface area contributed by atoms with Crippen LogP contribution in [0.4, 0.5) is 5.69 Å². The van der Waals surface area contributed by atoms with Crippen molar-refractivity contribution in [2.45, 2.75) is 114 Å². The third-order valence-corrected chi connectivity index (χ3v) is 10.8. The number of anilines is 1. The molecule has 6 atom stereocenters. The topological polar surface area (TPSA) is 334 Å². The molecule has 348 valence electrons. The van der Waals surface area contributed by atoms with E-state index in [4.69, 9.17) is 23.7 Å². The van der Waals surface area contributed by atoms with Gasteiger partial charge in [0.15, 0.2) is 10.9 Å². The minimum atomic E-state index is -1.04. The Bertz CT molecular complexity index is 1980. The fourth-order valence-corrected chi connectivity index (χ4v) is 7.24. The first kappa shape index (κ1) is 50.9. The number of aromatic nitrogens is 4. The lowest BCUT2D eigenvalue weighted by atomic mass is 9.95. The van der Waals surface area contributed by atoms with E-state index >= 15 is 0 Å². The van der Waals surface area contributed by atoms with E-state index in [1.807, 2.05) is 48.5 Å². The predicted molar refractivity (Wildman–Crippen MR) is 242 cm³/mol. The molecule has 22 heteroatoms. The van der Waals surface area contributed by atoms with Crippen molar-refractivity contribution in [1.29, 1.82) is 0 Å². The summed E-state index contributed by atoms with van der Waals surface area (Å²) in [6.07, 6.45) is 3.37. The molecular formula is C42H61N13O8S. The normalized spacial score (nSPS) is 18.5. The quantitative estimate of drug-likeness (QED) is 0.0421. The molecule has 2 heterocycles. The maximum Gasteiger partial charge on any atom is 0.304 e. The number of rotatable bonds is 24. The zero-order valence-electron chi connectivity index (χ0n) is 35.9. The first-order valence-electron chi connectivity index (χ1n) is 21.4. The first-order chi connectivity index (χ1) is 30.6. The lowest BCUT2D eigenvalue weighted by Crippen LogP contribution is -2.54. The van der Waals surface area contributed by atoms with E-state index in [9.17, 15) is 39.3 Å². The Morgan fingerprint density at radius 3 is 1.84 bits per heavy atom. The highest BCUT2D eigenvalue weighted by atomic mass is 32.1. The Morgan fingerprint density at radius 2 is 1.23 bits per heavy atom. The number of thiocarbonyl (C=S) groups is 1. The lowest BCUT2D eigenvalue weighted by molar-refractivity contribution is -0.139. The van der Waals surface area contributed by atoms with Gasteiger partial charge in [0.25, 0.3) is 0 Å².